The van der Waals surface area contributed by atoms with Gasteiger partial charge >= 0.3 is 5.38 Å². The van der Waals surface area contributed by atoms with E-state index in [4.69, 9.17) is 0 Å². The van der Waals surface area contributed by atoms with E-state index >= 15 is 0 Å². The molecule has 2 N–H and O–H groups in total. The van der Waals surface area contributed by atoms with Crippen LogP contribution in [0, 0.1) is 0 Å². The van der Waals surface area contributed by atoms with Gasteiger partial charge in [-0.2, -0.15) is 8.78 Å². The second kappa shape index (κ2) is 2.36. The fourth-order valence-corrected chi connectivity index (χ4v) is 1.14. The Morgan fingerprint density at radius 3 is 1.89 bits per heavy atom. The highest BCUT2D eigenvalue weighted by molar-refractivity contribution is 7.89. The summed E-state index contributed by atoms with van der Waals surface area (Å²) in [7, 11) is -4.16. The fraction of sp³-hybridized carbons (Fsp3) is 1.00. The predicted octanol–water partition coefficient (Wildman–Crippen LogP) is 0.107. The van der Waals surface area contributed by atoms with E-state index in [-0.39, 0.29) is 0 Å². The van der Waals surface area contributed by atoms with Gasteiger partial charge < -0.3 is 0 Å². The SMILES string of the molecule is NS(=O)(=O)CC(F)(F)Cl. The van der Waals surface area contributed by atoms with E-state index in [9.17, 15) is 17.2 Å². The van der Waals surface area contributed by atoms with Crippen LogP contribution in [0.15, 0.2) is 0 Å². The number of alkyl halides is 3. The van der Waals surface area contributed by atoms with Crippen LogP contribution in [0.5, 0.6) is 0 Å². The zero-order valence-electron chi connectivity index (χ0n) is 4.14. The van der Waals surface area contributed by atoms with Crippen LogP contribution in [0.4, 0.5) is 8.78 Å². The molecule has 0 saturated heterocycles. The molecule has 0 aliphatic rings. The lowest BCUT2D eigenvalue weighted by Crippen LogP contribution is -2.27. The Kier molecular flexibility index (Phi) is 2.37. The zero-order valence-corrected chi connectivity index (χ0v) is 5.72. The third-order valence-electron chi connectivity index (χ3n) is 0.365. The minimum atomic E-state index is -4.16. The minimum Gasteiger partial charge on any atom is -0.228 e. The van der Waals surface area contributed by atoms with Crippen molar-refractivity contribution in [1.82, 2.24) is 0 Å². The lowest BCUT2D eigenvalue weighted by Gasteiger charge is -2.03. The van der Waals surface area contributed by atoms with Gasteiger partial charge in [-0.25, -0.2) is 13.6 Å². The molecule has 0 aromatic rings. The number of primary sulfonamides is 1. The monoisotopic (exact) mass is 179 g/mol. The maximum absolute atomic E-state index is 11.5. The Morgan fingerprint density at radius 2 is 1.89 bits per heavy atom. The molecule has 0 aliphatic heterocycles. The summed E-state index contributed by atoms with van der Waals surface area (Å²) < 4.78 is 42.8. The number of hydrogen-bond donors (Lipinski definition) is 1. The molecule has 9 heavy (non-hydrogen) atoms. The number of sulfonamides is 1. The van der Waals surface area contributed by atoms with Gasteiger partial charge in [0.15, 0.2) is 0 Å². The largest absolute Gasteiger partial charge is 0.336 e. The van der Waals surface area contributed by atoms with Crippen LogP contribution < -0.4 is 5.14 Å². The van der Waals surface area contributed by atoms with Crippen molar-refractivity contribution in [3.05, 3.63) is 0 Å². The first-order chi connectivity index (χ1) is 3.71. The summed E-state index contributed by atoms with van der Waals surface area (Å²) in [5.41, 5.74) is 0. The van der Waals surface area contributed by atoms with E-state index in [1.165, 1.54) is 0 Å². The Balaban J connectivity index is 4.07. The van der Waals surface area contributed by atoms with Crippen molar-refractivity contribution in [1.29, 1.82) is 0 Å². The summed E-state index contributed by atoms with van der Waals surface area (Å²) in [6.45, 7) is 0. The molecule has 0 spiro atoms. The third-order valence-corrected chi connectivity index (χ3v) is 1.42. The maximum atomic E-state index is 11.5. The highest BCUT2D eigenvalue weighted by Gasteiger charge is 2.30. The smallest absolute Gasteiger partial charge is 0.228 e. The molecule has 0 aromatic carbocycles. The van der Waals surface area contributed by atoms with Crippen LogP contribution in [-0.4, -0.2) is 19.6 Å². The first-order valence-electron chi connectivity index (χ1n) is 1.78. The van der Waals surface area contributed by atoms with Gasteiger partial charge in [-0.05, 0) is 11.6 Å². The molecule has 0 radical (unpaired) electrons. The second-order valence-electron chi connectivity index (χ2n) is 1.42. The highest BCUT2D eigenvalue weighted by atomic mass is 35.5. The highest BCUT2D eigenvalue weighted by Crippen LogP contribution is 2.19. The third kappa shape index (κ3) is 8.06. The average Bonchev–Trinajstić information content (AvgIpc) is 1.14. The van der Waals surface area contributed by atoms with Crippen LogP contribution in [0.1, 0.15) is 0 Å². The topological polar surface area (TPSA) is 60.2 Å². The van der Waals surface area contributed by atoms with Crippen LogP contribution in [0.25, 0.3) is 0 Å². The number of nitrogens with two attached hydrogens (primary N) is 1. The molecule has 56 valence electrons. The summed E-state index contributed by atoms with van der Waals surface area (Å²) >= 11 is 4.23. The normalized spacial score (nSPS) is 13.8. The van der Waals surface area contributed by atoms with Crippen molar-refractivity contribution >= 4 is 21.6 Å². The first kappa shape index (κ1) is 9.06. The van der Waals surface area contributed by atoms with Gasteiger partial charge in [0.2, 0.25) is 10.0 Å². The van der Waals surface area contributed by atoms with Gasteiger partial charge in [0.1, 0.15) is 5.75 Å². The lowest BCUT2D eigenvalue weighted by molar-refractivity contribution is 0.122. The molecule has 0 bridgehead atoms. The molecule has 0 amide bonds. The molecule has 0 fully saturated rings. The molecule has 0 atom stereocenters. The zero-order chi connectivity index (χ0) is 7.71. The van der Waals surface area contributed by atoms with Crippen molar-refractivity contribution in [3.63, 3.8) is 0 Å². The van der Waals surface area contributed by atoms with Gasteiger partial charge in [0, 0.05) is 0 Å². The van der Waals surface area contributed by atoms with E-state index in [1.54, 1.807) is 0 Å². The summed E-state index contributed by atoms with van der Waals surface area (Å²) in [5, 5.41) is 0.473. The van der Waals surface area contributed by atoms with Gasteiger partial charge in [-0.15, -0.1) is 0 Å². The van der Waals surface area contributed by atoms with Crippen molar-refractivity contribution in [2.75, 3.05) is 5.75 Å². The van der Waals surface area contributed by atoms with E-state index in [1.807, 2.05) is 0 Å². The van der Waals surface area contributed by atoms with Crippen molar-refractivity contribution < 1.29 is 17.2 Å². The molecular weight excluding hydrogens is 176 g/mol. The average molecular weight is 180 g/mol. The molecule has 0 aliphatic carbocycles. The summed E-state index contributed by atoms with van der Waals surface area (Å²) in [6, 6.07) is 0. The summed E-state index contributed by atoms with van der Waals surface area (Å²) in [4.78, 5) is 0. The Labute approximate surface area is 55.8 Å². The number of halogens is 3. The van der Waals surface area contributed by atoms with Crippen molar-refractivity contribution in [2.24, 2.45) is 5.14 Å². The van der Waals surface area contributed by atoms with Crippen molar-refractivity contribution in [3.8, 4) is 0 Å². The molecule has 0 heterocycles. The molecule has 0 aromatic heterocycles. The molecule has 3 nitrogen and oxygen atoms in total. The van der Waals surface area contributed by atoms with E-state index in [0.717, 1.165) is 0 Å². The summed E-state index contributed by atoms with van der Waals surface area (Å²) in [5.74, 6) is -1.53. The van der Waals surface area contributed by atoms with E-state index < -0.39 is 21.2 Å². The van der Waals surface area contributed by atoms with Gasteiger partial charge in [-0.1, -0.05) is 0 Å². The number of rotatable bonds is 2. The Hall–Kier alpha value is 0.0600. The fourth-order valence-electron chi connectivity index (χ4n) is 0.228. The summed E-state index contributed by atoms with van der Waals surface area (Å²) in [6.07, 6.45) is 0. The van der Waals surface area contributed by atoms with Crippen LogP contribution in [0.2, 0.25) is 0 Å². The Bertz CT molecular complexity index is 183. The predicted molar refractivity (Wildman–Crippen MR) is 28.8 cm³/mol. The second-order valence-corrected chi connectivity index (χ2v) is 3.59. The molecular formula is C2H4ClF2NO2S. The minimum absolute atomic E-state index is 1.53. The van der Waals surface area contributed by atoms with Crippen LogP contribution >= 0.6 is 11.6 Å². The Morgan fingerprint density at radius 1 is 1.56 bits per heavy atom. The van der Waals surface area contributed by atoms with Crippen LogP contribution in [0.3, 0.4) is 0 Å². The van der Waals surface area contributed by atoms with E-state index in [0.29, 0.717) is 0 Å². The van der Waals surface area contributed by atoms with Crippen molar-refractivity contribution in [2.45, 2.75) is 5.38 Å². The molecule has 7 heteroatoms. The maximum Gasteiger partial charge on any atom is 0.336 e. The van der Waals surface area contributed by atoms with E-state index in [2.05, 4.69) is 16.7 Å². The number of hydrogen-bond acceptors (Lipinski definition) is 2. The molecule has 0 unspecified atom stereocenters. The molecule has 0 saturated carbocycles. The molecule has 0 rings (SSSR count). The quantitative estimate of drug-likeness (QED) is 0.612. The van der Waals surface area contributed by atoms with Crippen LogP contribution in [-0.2, 0) is 10.0 Å². The van der Waals surface area contributed by atoms with Gasteiger partial charge in [-0.3, -0.25) is 0 Å². The standard InChI is InChI=1S/C2H4ClF2NO2S/c3-2(4,5)1-9(6,7)8/h1H2,(H2,6,7,8). The first-order valence-corrected chi connectivity index (χ1v) is 3.87. The van der Waals surface area contributed by atoms with Gasteiger partial charge in [0.25, 0.3) is 0 Å². The lowest BCUT2D eigenvalue weighted by atomic mass is 10.8. The van der Waals surface area contributed by atoms with Gasteiger partial charge in [0.05, 0.1) is 0 Å².